The smallest absolute Gasteiger partial charge is 0.220 e. The van der Waals surface area contributed by atoms with Crippen LogP contribution in [0.1, 0.15) is 23.6 Å². The van der Waals surface area contributed by atoms with Gasteiger partial charge in [-0.05, 0) is 30.7 Å². The van der Waals surface area contributed by atoms with E-state index >= 15 is 0 Å². The first-order chi connectivity index (χ1) is 12.2. The molecule has 0 radical (unpaired) electrons. The van der Waals surface area contributed by atoms with Crippen molar-refractivity contribution in [3.8, 4) is 22.6 Å². The minimum atomic E-state index is 0.126. The Morgan fingerprint density at radius 1 is 1.08 bits per heavy atom. The van der Waals surface area contributed by atoms with E-state index in [4.69, 9.17) is 4.98 Å². The molecule has 1 saturated heterocycles. The molecule has 1 aliphatic rings. The van der Waals surface area contributed by atoms with Crippen LogP contribution in [-0.2, 0) is 4.79 Å². The number of nitrogens with zero attached hydrogens (tertiary/aromatic N) is 3. The molecule has 0 spiro atoms. The lowest BCUT2D eigenvalue weighted by Crippen LogP contribution is -2.13. The number of hydrogen-bond donors (Lipinski definition) is 1. The lowest BCUT2D eigenvalue weighted by atomic mass is 9.96. The largest absolute Gasteiger partial charge is 0.355 e. The number of rotatable bonds is 3. The third-order valence-corrected chi connectivity index (χ3v) is 4.43. The number of aromatic nitrogens is 3. The lowest BCUT2D eigenvalue weighted by molar-refractivity contribution is -0.119. The fourth-order valence-electron chi connectivity index (χ4n) is 3.11. The van der Waals surface area contributed by atoms with Crippen LogP contribution in [0.4, 0.5) is 0 Å². The van der Waals surface area contributed by atoms with Crippen molar-refractivity contribution in [2.45, 2.75) is 19.3 Å². The molecule has 0 aliphatic carbocycles. The van der Waals surface area contributed by atoms with E-state index in [1.807, 2.05) is 25.1 Å². The highest BCUT2D eigenvalue weighted by atomic mass is 16.1. The molecule has 1 fully saturated rings. The first-order valence-electron chi connectivity index (χ1n) is 8.32. The Kier molecular flexibility index (Phi) is 3.98. The second-order valence-corrected chi connectivity index (χ2v) is 6.29. The standard InChI is InChI=1S/C20H18N4O/c1-13-9-18(24-20(23-13)16-3-2-8-21-11-16)15-6-4-14(5-7-15)17-10-19(25)22-12-17/h2-9,11,17H,10,12H2,1H3,(H,22,25). The summed E-state index contributed by atoms with van der Waals surface area (Å²) in [5, 5.41) is 2.88. The number of nitrogens with one attached hydrogen (secondary N) is 1. The summed E-state index contributed by atoms with van der Waals surface area (Å²) < 4.78 is 0. The monoisotopic (exact) mass is 330 g/mol. The van der Waals surface area contributed by atoms with Crippen LogP contribution in [0.2, 0.25) is 0 Å². The Hall–Kier alpha value is -3.08. The van der Waals surface area contributed by atoms with E-state index in [0.29, 0.717) is 12.2 Å². The number of carbonyl (C=O) groups is 1. The Morgan fingerprint density at radius 3 is 2.60 bits per heavy atom. The highest BCUT2D eigenvalue weighted by Crippen LogP contribution is 2.27. The SMILES string of the molecule is Cc1cc(-c2ccc(C3CNC(=O)C3)cc2)nc(-c2cccnc2)n1. The molecule has 0 saturated carbocycles. The van der Waals surface area contributed by atoms with Crippen molar-refractivity contribution in [2.75, 3.05) is 6.54 Å². The average molecular weight is 330 g/mol. The molecule has 1 aromatic carbocycles. The second-order valence-electron chi connectivity index (χ2n) is 6.29. The Balaban J connectivity index is 1.65. The number of carbonyl (C=O) groups excluding carboxylic acids is 1. The highest BCUT2D eigenvalue weighted by molar-refractivity contribution is 5.79. The summed E-state index contributed by atoms with van der Waals surface area (Å²) in [4.78, 5) is 24.8. The van der Waals surface area contributed by atoms with Gasteiger partial charge in [0.05, 0.1) is 5.69 Å². The second kappa shape index (κ2) is 6.43. The maximum Gasteiger partial charge on any atom is 0.220 e. The van der Waals surface area contributed by atoms with Gasteiger partial charge in [-0.15, -0.1) is 0 Å². The quantitative estimate of drug-likeness (QED) is 0.801. The Labute approximate surface area is 146 Å². The van der Waals surface area contributed by atoms with Crippen LogP contribution in [0.25, 0.3) is 22.6 Å². The molecule has 4 rings (SSSR count). The van der Waals surface area contributed by atoms with Crippen LogP contribution in [0.15, 0.2) is 54.9 Å². The summed E-state index contributed by atoms with van der Waals surface area (Å²) in [7, 11) is 0. The van der Waals surface area contributed by atoms with Gasteiger partial charge in [-0.1, -0.05) is 24.3 Å². The summed E-state index contributed by atoms with van der Waals surface area (Å²) in [5.41, 5.74) is 4.92. The van der Waals surface area contributed by atoms with Gasteiger partial charge >= 0.3 is 0 Å². The van der Waals surface area contributed by atoms with E-state index in [2.05, 4.69) is 39.6 Å². The van der Waals surface area contributed by atoms with Gasteiger partial charge in [0.25, 0.3) is 0 Å². The molecule has 1 N–H and O–H groups in total. The third kappa shape index (κ3) is 3.26. The van der Waals surface area contributed by atoms with Crippen molar-refractivity contribution < 1.29 is 4.79 Å². The van der Waals surface area contributed by atoms with Gasteiger partial charge in [-0.3, -0.25) is 9.78 Å². The summed E-state index contributed by atoms with van der Waals surface area (Å²) >= 11 is 0. The van der Waals surface area contributed by atoms with Crippen LogP contribution in [0, 0.1) is 6.92 Å². The zero-order chi connectivity index (χ0) is 17.2. The van der Waals surface area contributed by atoms with E-state index < -0.39 is 0 Å². The van der Waals surface area contributed by atoms with Gasteiger partial charge in [0.1, 0.15) is 0 Å². The van der Waals surface area contributed by atoms with Gasteiger partial charge in [0.15, 0.2) is 5.82 Å². The van der Waals surface area contributed by atoms with Crippen LogP contribution in [0.5, 0.6) is 0 Å². The maximum atomic E-state index is 11.4. The molecule has 3 aromatic rings. The van der Waals surface area contributed by atoms with E-state index in [-0.39, 0.29) is 11.8 Å². The summed E-state index contributed by atoms with van der Waals surface area (Å²) in [6, 6.07) is 14.1. The fraction of sp³-hybridized carbons (Fsp3) is 0.200. The van der Waals surface area contributed by atoms with Crippen LogP contribution < -0.4 is 5.32 Å². The van der Waals surface area contributed by atoms with Crippen molar-refractivity contribution in [1.29, 1.82) is 0 Å². The summed E-state index contributed by atoms with van der Waals surface area (Å²) in [6.45, 7) is 2.69. The predicted octanol–water partition coefficient (Wildman–Crippen LogP) is 3.12. The van der Waals surface area contributed by atoms with Gasteiger partial charge < -0.3 is 5.32 Å². The summed E-state index contributed by atoms with van der Waals surface area (Å²) in [5.74, 6) is 1.07. The normalized spacial score (nSPS) is 16.7. The minimum absolute atomic E-state index is 0.126. The van der Waals surface area contributed by atoms with Crippen LogP contribution in [0.3, 0.4) is 0 Å². The zero-order valence-electron chi connectivity index (χ0n) is 13.9. The van der Waals surface area contributed by atoms with E-state index in [1.54, 1.807) is 12.4 Å². The molecule has 1 aliphatic heterocycles. The molecule has 0 bridgehead atoms. The predicted molar refractivity (Wildman–Crippen MR) is 95.8 cm³/mol. The number of amides is 1. The fourth-order valence-corrected chi connectivity index (χ4v) is 3.11. The van der Waals surface area contributed by atoms with Gasteiger partial charge in [0.2, 0.25) is 5.91 Å². The molecule has 3 heterocycles. The molecule has 5 heteroatoms. The van der Waals surface area contributed by atoms with Crippen molar-refractivity contribution in [3.63, 3.8) is 0 Å². The van der Waals surface area contributed by atoms with E-state index in [0.717, 1.165) is 29.1 Å². The molecule has 25 heavy (non-hydrogen) atoms. The van der Waals surface area contributed by atoms with Crippen LogP contribution in [-0.4, -0.2) is 27.4 Å². The molecular formula is C20H18N4O. The number of pyridine rings is 1. The molecule has 1 atom stereocenters. The van der Waals surface area contributed by atoms with Gasteiger partial charge in [0, 0.05) is 48.1 Å². The first-order valence-corrected chi connectivity index (χ1v) is 8.32. The van der Waals surface area contributed by atoms with Gasteiger partial charge in [-0.2, -0.15) is 0 Å². The van der Waals surface area contributed by atoms with Gasteiger partial charge in [-0.25, -0.2) is 9.97 Å². The van der Waals surface area contributed by atoms with Crippen molar-refractivity contribution in [1.82, 2.24) is 20.3 Å². The van der Waals surface area contributed by atoms with Crippen molar-refractivity contribution in [3.05, 3.63) is 66.1 Å². The van der Waals surface area contributed by atoms with Crippen molar-refractivity contribution >= 4 is 5.91 Å². The lowest BCUT2D eigenvalue weighted by Gasteiger charge is -2.10. The molecule has 124 valence electrons. The van der Waals surface area contributed by atoms with Crippen molar-refractivity contribution in [2.24, 2.45) is 0 Å². The molecule has 1 unspecified atom stereocenters. The number of hydrogen-bond acceptors (Lipinski definition) is 4. The maximum absolute atomic E-state index is 11.4. The average Bonchev–Trinajstić information content (AvgIpc) is 3.08. The third-order valence-electron chi connectivity index (χ3n) is 4.43. The molecular weight excluding hydrogens is 312 g/mol. The topological polar surface area (TPSA) is 67.8 Å². The van der Waals surface area contributed by atoms with Crippen LogP contribution >= 0.6 is 0 Å². The van der Waals surface area contributed by atoms with E-state index in [1.165, 1.54) is 5.56 Å². The van der Waals surface area contributed by atoms with E-state index in [9.17, 15) is 4.79 Å². The number of benzene rings is 1. The Bertz CT molecular complexity index is 907. The zero-order valence-corrected chi connectivity index (χ0v) is 13.9. The molecule has 5 nitrogen and oxygen atoms in total. The Morgan fingerprint density at radius 2 is 1.92 bits per heavy atom. The minimum Gasteiger partial charge on any atom is -0.355 e. The highest BCUT2D eigenvalue weighted by Gasteiger charge is 2.22. The molecule has 1 amide bonds. The molecule has 2 aromatic heterocycles. The number of aryl methyl sites for hydroxylation is 1. The first kappa shape index (κ1) is 15.4. The summed E-state index contributed by atoms with van der Waals surface area (Å²) in [6.07, 6.45) is 4.07.